The van der Waals surface area contributed by atoms with Crippen LogP contribution >= 0.6 is 11.3 Å². The van der Waals surface area contributed by atoms with Gasteiger partial charge in [0.05, 0.1) is 25.3 Å². The van der Waals surface area contributed by atoms with Gasteiger partial charge in [-0.15, -0.1) is 11.3 Å². The van der Waals surface area contributed by atoms with Gasteiger partial charge in [-0.1, -0.05) is 6.07 Å². The lowest BCUT2D eigenvalue weighted by Gasteiger charge is -2.35. The van der Waals surface area contributed by atoms with E-state index in [2.05, 4.69) is 9.88 Å². The molecule has 0 spiro atoms. The summed E-state index contributed by atoms with van der Waals surface area (Å²) in [6.07, 6.45) is 2.68. The summed E-state index contributed by atoms with van der Waals surface area (Å²) in [5.74, 6) is 1.22. The Hall–Kier alpha value is -1.96. The van der Waals surface area contributed by atoms with Gasteiger partial charge >= 0.3 is 5.97 Å². The Morgan fingerprint density at radius 1 is 1.33 bits per heavy atom. The van der Waals surface area contributed by atoms with E-state index in [1.807, 2.05) is 17.6 Å². The molecule has 1 aromatic heterocycles. The Bertz CT molecular complexity index is 782. The number of likely N-dealkylation sites (tertiary alicyclic amines) is 1. The van der Waals surface area contributed by atoms with E-state index in [1.54, 1.807) is 29.5 Å². The van der Waals surface area contributed by atoms with Crippen molar-refractivity contribution >= 4 is 17.3 Å². The standard InChI is InChI=1S/C20H24N2O4S/c1-25-20(24)13-3-2-4-16(7-13)26-18-9-15-11-22(10-14(15)8-17(18)23)12-19-21-5-6-27-19/h2-7,14-15,17-18,23H,8-12H2,1H3/t14-,15+,17+,18+/m0/s1. The summed E-state index contributed by atoms with van der Waals surface area (Å²) in [6.45, 7) is 2.90. The normalized spacial score (nSPS) is 27.9. The predicted octanol–water partition coefficient (Wildman–Crippen LogP) is 2.58. The van der Waals surface area contributed by atoms with E-state index in [0.29, 0.717) is 23.1 Å². The third kappa shape index (κ3) is 4.15. The zero-order chi connectivity index (χ0) is 18.8. The molecule has 2 heterocycles. The van der Waals surface area contributed by atoms with Crippen LogP contribution in [-0.2, 0) is 11.3 Å². The maximum absolute atomic E-state index is 11.7. The van der Waals surface area contributed by atoms with E-state index in [1.165, 1.54) is 7.11 Å². The third-order valence-corrected chi connectivity index (χ3v) is 6.31. The molecule has 4 rings (SSSR count). The number of aliphatic hydroxyl groups is 1. The molecule has 0 bridgehead atoms. The molecule has 1 saturated heterocycles. The highest BCUT2D eigenvalue weighted by molar-refractivity contribution is 7.09. The van der Waals surface area contributed by atoms with Gasteiger partial charge in [-0.2, -0.15) is 0 Å². The minimum absolute atomic E-state index is 0.251. The topological polar surface area (TPSA) is 71.9 Å². The first kappa shape index (κ1) is 18.4. The number of aliphatic hydroxyl groups excluding tert-OH is 1. The van der Waals surface area contributed by atoms with Crippen LogP contribution < -0.4 is 4.74 Å². The highest BCUT2D eigenvalue weighted by Gasteiger charge is 2.42. The molecule has 0 unspecified atom stereocenters. The Labute approximate surface area is 162 Å². The number of rotatable bonds is 5. The zero-order valence-corrected chi connectivity index (χ0v) is 16.1. The molecular weight excluding hydrogens is 364 g/mol. The lowest BCUT2D eigenvalue weighted by molar-refractivity contribution is -0.0231. The lowest BCUT2D eigenvalue weighted by atomic mass is 9.78. The molecule has 7 heteroatoms. The zero-order valence-electron chi connectivity index (χ0n) is 15.3. The van der Waals surface area contributed by atoms with Gasteiger partial charge in [0, 0.05) is 24.7 Å². The number of benzene rings is 1. The summed E-state index contributed by atoms with van der Waals surface area (Å²) in [7, 11) is 1.36. The molecule has 2 fully saturated rings. The molecule has 1 aromatic carbocycles. The van der Waals surface area contributed by atoms with Crippen molar-refractivity contribution in [3.8, 4) is 5.75 Å². The van der Waals surface area contributed by atoms with Gasteiger partial charge < -0.3 is 14.6 Å². The van der Waals surface area contributed by atoms with Crippen LogP contribution in [0.3, 0.4) is 0 Å². The van der Waals surface area contributed by atoms with Crippen molar-refractivity contribution < 1.29 is 19.4 Å². The number of fused-ring (bicyclic) bond motifs is 1. The number of methoxy groups -OCH3 is 1. The molecule has 0 amide bonds. The number of esters is 1. The molecule has 2 aliphatic rings. The molecular formula is C20H24N2O4S. The number of hydrogen-bond donors (Lipinski definition) is 1. The molecule has 1 aliphatic heterocycles. The summed E-state index contributed by atoms with van der Waals surface area (Å²) in [5, 5.41) is 13.7. The van der Waals surface area contributed by atoms with E-state index in [-0.39, 0.29) is 6.10 Å². The van der Waals surface area contributed by atoms with Crippen molar-refractivity contribution in [2.75, 3.05) is 20.2 Å². The number of nitrogens with zero attached hydrogens (tertiary/aromatic N) is 2. The molecule has 6 nitrogen and oxygen atoms in total. The Kier molecular flexibility index (Phi) is 5.43. The first-order valence-corrected chi connectivity index (χ1v) is 10.1. The van der Waals surface area contributed by atoms with Crippen LogP contribution in [0.4, 0.5) is 0 Å². The van der Waals surface area contributed by atoms with Gasteiger partial charge in [0.1, 0.15) is 16.9 Å². The Morgan fingerprint density at radius 2 is 2.15 bits per heavy atom. The predicted molar refractivity (Wildman–Crippen MR) is 102 cm³/mol. The van der Waals surface area contributed by atoms with Crippen molar-refractivity contribution in [1.29, 1.82) is 0 Å². The average Bonchev–Trinajstić information content (AvgIpc) is 3.31. The van der Waals surface area contributed by atoms with Crippen molar-refractivity contribution in [2.45, 2.75) is 31.6 Å². The SMILES string of the molecule is COC(=O)c1cccc(O[C@@H]2C[C@@H]3CN(Cc4nccs4)C[C@@H]3C[C@H]2O)c1. The molecule has 4 atom stereocenters. The second-order valence-electron chi connectivity index (χ2n) is 7.35. The van der Waals surface area contributed by atoms with Crippen LogP contribution in [0.2, 0.25) is 0 Å². The minimum atomic E-state index is -0.493. The monoisotopic (exact) mass is 388 g/mol. The van der Waals surface area contributed by atoms with Crippen molar-refractivity contribution in [3.05, 3.63) is 46.4 Å². The van der Waals surface area contributed by atoms with E-state index < -0.39 is 12.1 Å². The molecule has 1 N–H and O–H groups in total. The first-order valence-electron chi connectivity index (χ1n) is 9.26. The highest BCUT2D eigenvalue weighted by Crippen LogP contribution is 2.38. The smallest absolute Gasteiger partial charge is 0.337 e. The van der Waals surface area contributed by atoms with Crippen LogP contribution in [0.1, 0.15) is 28.2 Å². The molecule has 144 valence electrons. The van der Waals surface area contributed by atoms with Crippen LogP contribution in [0.15, 0.2) is 35.8 Å². The summed E-state index contributed by atoms with van der Waals surface area (Å²) in [4.78, 5) is 18.5. The number of carbonyl (C=O) groups is 1. The summed E-state index contributed by atoms with van der Waals surface area (Å²) in [6, 6.07) is 6.95. The Morgan fingerprint density at radius 3 is 2.89 bits per heavy atom. The van der Waals surface area contributed by atoms with E-state index in [0.717, 1.165) is 37.5 Å². The van der Waals surface area contributed by atoms with E-state index >= 15 is 0 Å². The second kappa shape index (κ2) is 7.96. The average molecular weight is 388 g/mol. The van der Waals surface area contributed by atoms with Crippen LogP contribution in [0, 0.1) is 11.8 Å². The molecule has 1 saturated carbocycles. The number of thiazole rings is 1. The van der Waals surface area contributed by atoms with Crippen molar-refractivity contribution in [2.24, 2.45) is 11.8 Å². The molecule has 0 radical (unpaired) electrons. The quantitative estimate of drug-likeness (QED) is 0.794. The van der Waals surface area contributed by atoms with Crippen molar-refractivity contribution in [3.63, 3.8) is 0 Å². The lowest BCUT2D eigenvalue weighted by Crippen LogP contribution is -2.42. The van der Waals surface area contributed by atoms with Gasteiger partial charge in [-0.05, 0) is 42.9 Å². The van der Waals surface area contributed by atoms with Crippen LogP contribution in [0.5, 0.6) is 5.75 Å². The fourth-order valence-electron chi connectivity index (χ4n) is 4.25. The number of aromatic nitrogens is 1. The van der Waals surface area contributed by atoms with E-state index in [9.17, 15) is 9.90 Å². The fourth-order valence-corrected chi connectivity index (χ4v) is 4.91. The highest BCUT2D eigenvalue weighted by atomic mass is 32.1. The maximum atomic E-state index is 11.7. The van der Waals surface area contributed by atoms with Crippen LogP contribution in [-0.4, -0.2) is 53.4 Å². The summed E-state index contributed by atoms with van der Waals surface area (Å²) >= 11 is 1.69. The Balaban J connectivity index is 1.39. The van der Waals surface area contributed by atoms with Gasteiger partial charge in [-0.3, -0.25) is 4.90 Å². The van der Waals surface area contributed by atoms with Crippen molar-refractivity contribution in [1.82, 2.24) is 9.88 Å². The number of hydrogen-bond acceptors (Lipinski definition) is 7. The minimum Gasteiger partial charge on any atom is -0.488 e. The number of carbonyl (C=O) groups excluding carboxylic acids is 1. The number of ether oxygens (including phenoxy) is 2. The summed E-state index contributed by atoms with van der Waals surface area (Å²) < 4.78 is 10.8. The van der Waals surface area contributed by atoms with Gasteiger partial charge in [0.25, 0.3) is 0 Å². The first-order chi connectivity index (χ1) is 13.1. The van der Waals surface area contributed by atoms with Gasteiger partial charge in [0.2, 0.25) is 0 Å². The molecule has 1 aliphatic carbocycles. The third-order valence-electron chi connectivity index (χ3n) is 5.55. The van der Waals surface area contributed by atoms with E-state index in [4.69, 9.17) is 9.47 Å². The van der Waals surface area contributed by atoms with Gasteiger partial charge in [0.15, 0.2) is 0 Å². The maximum Gasteiger partial charge on any atom is 0.337 e. The summed E-state index contributed by atoms with van der Waals surface area (Å²) in [5.41, 5.74) is 0.452. The second-order valence-corrected chi connectivity index (χ2v) is 8.33. The fraction of sp³-hybridized carbons (Fsp3) is 0.500. The van der Waals surface area contributed by atoms with Gasteiger partial charge in [-0.25, -0.2) is 9.78 Å². The largest absolute Gasteiger partial charge is 0.488 e. The molecule has 27 heavy (non-hydrogen) atoms. The van der Waals surface area contributed by atoms with Crippen LogP contribution in [0.25, 0.3) is 0 Å². The molecule has 2 aromatic rings.